The molecule has 0 spiro atoms. The van der Waals surface area contributed by atoms with Crippen LogP contribution >= 0.6 is 0 Å². The molecule has 3 nitrogen and oxygen atoms in total. The molecule has 2 aromatic carbocycles. The van der Waals surface area contributed by atoms with Gasteiger partial charge in [-0.2, -0.15) is 0 Å². The van der Waals surface area contributed by atoms with Crippen molar-refractivity contribution in [3.63, 3.8) is 0 Å². The fraction of sp³-hybridized carbons (Fsp3) is 0.350. The van der Waals surface area contributed by atoms with Crippen molar-refractivity contribution in [2.24, 2.45) is 0 Å². The first-order valence-corrected chi connectivity index (χ1v) is 7.90. The molecule has 3 heteroatoms. The SMILES string of the molecule is CN[C@H](C(=O)OCc1ccccc1)c1ccc(C(C)(C)C)cc1. The van der Waals surface area contributed by atoms with Gasteiger partial charge in [-0.1, -0.05) is 75.4 Å². The number of rotatable bonds is 5. The van der Waals surface area contributed by atoms with Crippen LogP contribution in [0.1, 0.15) is 43.5 Å². The number of carbonyl (C=O) groups is 1. The smallest absolute Gasteiger partial charge is 0.328 e. The minimum absolute atomic E-state index is 0.0987. The molecule has 0 fully saturated rings. The van der Waals surface area contributed by atoms with Crippen molar-refractivity contribution in [2.75, 3.05) is 7.05 Å². The topological polar surface area (TPSA) is 38.3 Å². The van der Waals surface area contributed by atoms with Gasteiger partial charge in [0, 0.05) is 0 Å². The molecule has 0 saturated heterocycles. The number of hydrogen-bond donors (Lipinski definition) is 1. The summed E-state index contributed by atoms with van der Waals surface area (Å²) in [5, 5.41) is 3.04. The summed E-state index contributed by atoms with van der Waals surface area (Å²) in [6.45, 7) is 6.81. The third kappa shape index (κ3) is 4.67. The van der Waals surface area contributed by atoms with Crippen molar-refractivity contribution >= 4 is 5.97 Å². The molecule has 0 bridgehead atoms. The average molecular weight is 311 g/mol. The predicted octanol–water partition coefficient (Wildman–Crippen LogP) is 3.99. The standard InChI is InChI=1S/C20H25NO2/c1-20(2,3)17-12-10-16(11-13-17)18(21-4)19(22)23-14-15-8-6-5-7-9-15/h5-13,18,21H,14H2,1-4H3/t18-/m0/s1. The first-order chi connectivity index (χ1) is 10.9. The summed E-state index contributed by atoms with van der Waals surface area (Å²) < 4.78 is 5.43. The fourth-order valence-electron chi connectivity index (χ4n) is 2.41. The second-order valence-electron chi connectivity index (χ2n) is 6.69. The number of nitrogens with one attached hydrogen (secondary N) is 1. The lowest BCUT2D eigenvalue weighted by Crippen LogP contribution is -2.27. The minimum Gasteiger partial charge on any atom is -0.459 e. The Bertz CT molecular complexity index is 627. The van der Waals surface area contributed by atoms with Gasteiger partial charge in [0.15, 0.2) is 0 Å². The number of carbonyl (C=O) groups excluding carboxylic acids is 1. The van der Waals surface area contributed by atoms with Gasteiger partial charge in [-0.3, -0.25) is 0 Å². The van der Waals surface area contributed by atoms with E-state index in [-0.39, 0.29) is 18.0 Å². The first-order valence-electron chi connectivity index (χ1n) is 7.90. The van der Waals surface area contributed by atoms with Crippen LogP contribution in [0.2, 0.25) is 0 Å². The normalized spacial score (nSPS) is 12.7. The molecular formula is C20H25NO2. The summed E-state index contributed by atoms with van der Waals surface area (Å²) in [6.07, 6.45) is 0. The lowest BCUT2D eigenvalue weighted by molar-refractivity contribution is -0.147. The van der Waals surface area contributed by atoms with E-state index in [0.29, 0.717) is 0 Å². The Hall–Kier alpha value is -2.13. The van der Waals surface area contributed by atoms with Crippen LogP contribution in [0.4, 0.5) is 0 Å². The summed E-state index contributed by atoms with van der Waals surface area (Å²) in [4.78, 5) is 12.3. The van der Waals surface area contributed by atoms with Gasteiger partial charge in [-0.15, -0.1) is 0 Å². The van der Waals surface area contributed by atoms with E-state index in [9.17, 15) is 4.79 Å². The molecule has 0 aliphatic heterocycles. The van der Waals surface area contributed by atoms with E-state index in [0.717, 1.165) is 11.1 Å². The van der Waals surface area contributed by atoms with Crippen LogP contribution in [0.5, 0.6) is 0 Å². The van der Waals surface area contributed by atoms with E-state index in [2.05, 4.69) is 38.2 Å². The molecule has 0 unspecified atom stereocenters. The Balaban J connectivity index is 2.05. The van der Waals surface area contributed by atoms with Crippen molar-refractivity contribution in [3.05, 3.63) is 71.3 Å². The number of ether oxygens (including phenoxy) is 1. The Morgan fingerprint density at radius 2 is 1.65 bits per heavy atom. The summed E-state index contributed by atoms with van der Waals surface area (Å²) in [6, 6.07) is 17.4. The van der Waals surface area contributed by atoms with Crippen molar-refractivity contribution in [1.82, 2.24) is 5.32 Å². The minimum atomic E-state index is -0.451. The van der Waals surface area contributed by atoms with Crippen molar-refractivity contribution in [1.29, 1.82) is 0 Å². The zero-order chi connectivity index (χ0) is 16.9. The summed E-state index contributed by atoms with van der Waals surface area (Å²) in [7, 11) is 1.77. The van der Waals surface area contributed by atoms with Gasteiger partial charge in [-0.05, 0) is 29.2 Å². The Labute approximate surface area is 138 Å². The van der Waals surface area contributed by atoms with E-state index in [1.54, 1.807) is 7.05 Å². The van der Waals surface area contributed by atoms with Crippen LogP contribution in [0.15, 0.2) is 54.6 Å². The van der Waals surface area contributed by atoms with E-state index in [1.807, 2.05) is 42.5 Å². The van der Waals surface area contributed by atoms with Crippen molar-refractivity contribution in [3.8, 4) is 0 Å². The monoisotopic (exact) mass is 311 g/mol. The Morgan fingerprint density at radius 3 is 2.17 bits per heavy atom. The molecule has 23 heavy (non-hydrogen) atoms. The zero-order valence-corrected chi connectivity index (χ0v) is 14.3. The van der Waals surface area contributed by atoms with E-state index >= 15 is 0 Å². The van der Waals surface area contributed by atoms with Crippen LogP contribution in [-0.4, -0.2) is 13.0 Å². The number of esters is 1. The third-order valence-corrected chi connectivity index (χ3v) is 3.86. The lowest BCUT2D eigenvalue weighted by Gasteiger charge is -2.21. The molecule has 0 saturated carbocycles. The van der Waals surface area contributed by atoms with Gasteiger partial charge in [0.25, 0.3) is 0 Å². The van der Waals surface area contributed by atoms with Crippen LogP contribution in [0, 0.1) is 0 Å². The van der Waals surface area contributed by atoms with Gasteiger partial charge in [0.1, 0.15) is 12.6 Å². The van der Waals surface area contributed by atoms with Gasteiger partial charge >= 0.3 is 5.97 Å². The maximum absolute atomic E-state index is 12.3. The molecule has 0 aromatic heterocycles. The average Bonchev–Trinajstić information content (AvgIpc) is 2.54. The molecule has 1 N–H and O–H groups in total. The second-order valence-corrected chi connectivity index (χ2v) is 6.69. The van der Waals surface area contributed by atoms with Crippen LogP contribution in [0.3, 0.4) is 0 Å². The molecule has 2 rings (SSSR count). The maximum atomic E-state index is 12.3. The molecular weight excluding hydrogens is 286 g/mol. The highest BCUT2D eigenvalue weighted by Crippen LogP contribution is 2.24. The van der Waals surface area contributed by atoms with Crippen LogP contribution < -0.4 is 5.32 Å². The van der Waals surface area contributed by atoms with Crippen LogP contribution in [0.25, 0.3) is 0 Å². The molecule has 2 aromatic rings. The molecule has 1 atom stereocenters. The summed E-state index contributed by atoms with van der Waals surface area (Å²) in [5.41, 5.74) is 3.24. The maximum Gasteiger partial charge on any atom is 0.328 e. The Morgan fingerprint density at radius 1 is 1.04 bits per heavy atom. The van der Waals surface area contributed by atoms with Crippen molar-refractivity contribution < 1.29 is 9.53 Å². The van der Waals surface area contributed by atoms with Crippen LogP contribution in [-0.2, 0) is 21.6 Å². The second kappa shape index (κ2) is 7.42. The highest BCUT2D eigenvalue weighted by atomic mass is 16.5. The molecule has 0 heterocycles. The van der Waals surface area contributed by atoms with E-state index < -0.39 is 6.04 Å². The Kier molecular flexibility index (Phi) is 5.56. The number of hydrogen-bond acceptors (Lipinski definition) is 3. The molecule has 122 valence electrons. The van der Waals surface area contributed by atoms with Gasteiger partial charge in [-0.25, -0.2) is 4.79 Å². The molecule has 0 aliphatic carbocycles. The third-order valence-electron chi connectivity index (χ3n) is 3.86. The molecule has 0 aliphatic rings. The number of likely N-dealkylation sites (N-methyl/N-ethyl adjacent to an activating group) is 1. The summed E-state index contributed by atoms with van der Waals surface area (Å²) >= 11 is 0. The quantitative estimate of drug-likeness (QED) is 0.849. The largest absolute Gasteiger partial charge is 0.459 e. The van der Waals surface area contributed by atoms with E-state index in [1.165, 1.54) is 5.56 Å². The first kappa shape index (κ1) is 17.2. The van der Waals surface area contributed by atoms with E-state index in [4.69, 9.17) is 4.74 Å². The predicted molar refractivity (Wildman–Crippen MR) is 93.2 cm³/mol. The zero-order valence-electron chi connectivity index (χ0n) is 14.3. The highest BCUT2D eigenvalue weighted by molar-refractivity contribution is 5.77. The van der Waals surface area contributed by atoms with Gasteiger partial charge in [0.2, 0.25) is 0 Å². The molecule has 0 radical (unpaired) electrons. The lowest BCUT2D eigenvalue weighted by atomic mass is 9.86. The highest BCUT2D eigenvalue weighted by Gasteiger charge is 2.21. The van der Waals surface area contributed by atoms with Gasteiger partial charge < -0.3 is 10.1 Å². The van der Waals surface area contributed by atoms with Crippen molar-refractivity contribution in [2.45, 2.75) is 38.8 Å². The fourth-order valence-corrected chi connectivity index (χ4v) is 2.41. The van der Waals surface area contributed by atoms with Gasteiger partial charge in [0.05, 0.1) is 0 Å². The molecule has 0 amide bonds. The summed E-state index contributed by atoms with van der Waals surface area (Å²) in [5.74, 6) is -0.264. The number of benzene rings is 2.